The summed E-state index contributed by atoms with van der Waals surface area (Å²) in [5, 5.41) is 0. The van der Waals surface area contributed by atoms with Crippen LogP contribution in [0.25, 0.3) is 6.08 Å². The summed E-state index contributed by atoms with van der Waals surface area (Å²) in [7, 11) is -0.442. The van der Waals surface area contributed by atoms with Crippen LogP contribution in [0.3, 0.4) is 0 Å². The Balaban J connectivity index is 1.67. The summed E-state index contributed by atoms with van der Waals surface area (Å²) in [5.74, 6) is 1.13. The number of sulfonamides is 1. The number of hydrogen-bond acceptors (Lipinski definition) is 5. The van der Waals surface area contributed by atoms with Crippen molar-refractivity contribution in [1.82, 2.24) is 9.21 Å². The van der Waals surface area contributed by atoms with E-state index in [4.69, 9.17) is 9.47 Å². The van der Waals surface area contributed by atoms with Gasteiger partial charge in [-0.3, -0.25) is 4.79 Å². The smallest absolute Gasteiger partial charge is 0.246 e. The van der Waals surface area contributed by atoms with Crippen LogP contribution in [0.5, 0.6) is 11.5 Å². The zero-order valence-corrected chi connectivity index (χ0v) is 19.1. The Bertz CT molecular complexity index is 1090. The van der Waals surface area contributed by atoms with Gasteiger partial charge in [-0.15, -0.1) is 0 Å². The quantitative estimate of drug-likeness (QED) is 0.641. The molecule has 0 radical (unpaired) electrons. The molecule has 1 amide bonds. The highest BCUT2D eigenvalue weighted by atomic mass is 32.2. The predicted octanol–water partition coefficient (Wildman–Crippen LogP) is 2.87. The van der Waals surface area contributed by atoms with Crippen LogP contribution >= 0.6 is 0 Å². The van der Waals surface area contributed by atoms with Crippen LogP contribution in [0.2, 0.25) is 0 Å². The monoisotopic (exact) mass is 444 g/mol. The standard InChI is InChI=1S/C23H28N2O5S/c1-17-5-9-22(18(2)15-17)31(27,28)25-13-11-24(12-14-25)23(26)10-6-19-16-20(29-3)7-8-21(19)30-4/h5-10,15-16H,11-14H2,1-4H3/b10-6+. The molecule has 3 rings (SSSR count). The highest BCUT2D eigenvalue weighted by Gasteiger charge is 2.30. The van der Waals surface area contributed by atoms with E-state index in [-0.39, 0.29) is 19.0 Å². The molecule has 0 N–H and O–H groups in total. The third-order valence-electron chi connectivity index (χ3n) is 5.34. The molecule has 0 aromatic heterocycles. The second-order valence-corrected chi connectivity index (χ2v) is 9.35. The van der Waals surface area contributed by atoms with Crippen LogP contribution in [0.4, 0.5) is 0 Å². The molecule has 2 aromatic carbocycles. The summed E-state index contributed by atoms with van der Waals surface area (Å²) in [4.78, 5) is 14.6. The van der Waals surface area contributed by atoms with Crippen molar-refractivity contribution >= 4 is 22.0 Å². The number of carbonyl (C=O) groups excluding carboxylic acids is 1. The van der Waals surface area contributed by atoms with Crippen LogP contribution in [0, 0.1) is 13.8 Å². The molecule has 0 aliphatic carbocycles. The molecule has 2 aromatic rings. The summed E-state index contributed by atoms with van der Waals surface area (Å²) in [6.07, 6.45) is 3.16. The van der Waals surface area contributed by atoms with Crippen LogP contribution < -0.4 is 9.47 Å². The van der Waals surface area contributed by atoms with Crippen molar-refractivity contribution in [2.45, 2.75) is 18.7 Å². The Labute approximate surface area is 183 Å². The molecule has 1 fully saturated rings. The number of carbonyl (C=O) groups is 1. The van der Waals surface area contributed by atoms with Gasteiger partial charge < -0.3 is 14.4 Å². The fourth-order valence-electron chi connectivity index (χ4n) is 3.61. The van der Waals surface area contributed by atoms with Gasteiger partial charge >= 0.3 is 0 Å². The Morgan fingerprint density at radius 1 is 0.968 bits per heavy atom. The molecular formula is C23H28N2O5S. The molecular weight excluding hydrogens is 416 g/mol. The van der Waals surface area contributed by atoms with Crippen LogP contribution in [0.15, 0.2) is 47.4 Å². The van der Waals surface area contributed by atoms with Crippen molar-refractivity contribution in [1.29, 1.82) is 0 Å². The predicted molar refractivity (Wildman–Crippen MR) is 120 cm³/mol. The van der Waals surface area contributed by atoms with Gasteiger partial charge in [0.2, 0.25) is 15.9 Å². The minimum absolute atomic E-state index is 0.173. The average molecular weight is 445 g/mol. The number of methoxy groups -OCH3 is 2. The van der Waals surface area contributed by atoms with Crippen LogP contribution in [-0.4, -0.2) is 63.9 Å². The van der Waals surface area contributed by atoms with Gasteiger partial charge in [-0.2, -0.15) is 4.31 Å². The number of rotatable bonds is 6. The van der Waals surface area contributed by atoms with E-state index in [1.807, 2.05) is 13.0 Å². The number of benzene rings is 2. The van der Waals surface area contributed by atoms with Crippen molar-refractivity contribution in [2.75, 3.05) is 40.4 Å². The van der Waals surface area contributed by atoms with Gasteiger partial charge in [0.15, 0.2) is 0 Å². The Kier molecular flexibility index (Phi) is 7.02. The van der Waals surface area contributed by atoms with E-state index in [1.54, 1.807) is 62.5 Å². The molecule has 166 valence electrons. The molecule has 7 nitrogen and oxygen atoms in total. The maximum absolute atomic E-state index is 13.0. The van der Waals surface area contributed by atoms with Crippen LogP contribution in [0.1, 0.15) is 16.7 Å². The molecule has 0 atom stereocenters. The second kappa shape index (κ2) is 9.53. The maximum Gasteiger partial charge on any atom is 0.246 e. The number of amides is 1. The minimum Gasteiger partial charge on any atom is -0.497 e. The van der Waals surface area contributed by atoms with E-state index < -0.39 is 10.0 Å². The summed E-state index contributed by atoms with van der Waals surface area (Å²) >= 11 is 0. The van der Waals surface area contributed by atoms with E-state index in [9.17, 15) is 13.2 Å². The molecule has 1 saturated heterocycles. The topological polar surface area (TPSA) is 76.2 Å². The minimum atomic E-state index is -3.58. The molecule has 1 aliphatic heterocycles. The SMILES string of the molecule is COc1ccc(OC)c(/C=C/C(=O)N2CCN(S(=O)(=O)c3ccc(C)cc3C)CC2)c1. The van der Waals surface area contributed by atoms with Crippen LogP contribution in [-0.2, 0) is 14.8 Å². The normalized spacial score (nSPS) is 15.3. The van der Waals surface area contributed by atoms with Gasteiger partial charge in [0.25, 0.3) is 0 Å². The lowest BCUT2D eigenvalue weighted by atomic mass is 10.1. The van der Waals surface area contributed by atoms with Gasteiger partial charge in [0.05, 0.1) is 19.1 Å². The first-order valence-corrected chi connectivity index (χ1v) is 11.5. The Hall–Kier alpha value is -2.84. The molecule has 31 heavy (non-hydrogen) atoms. The van der Waals surface area contributed by atoms with Gasteiger partial charge in [-0.1, -0.05) is 17.7 Å². The summed E-state index contributed by atoms with van der Waals surface area (Å²) in [6.45, 7) is 4.93. The van der Waals surface area contributed by atoms with Crippen molar-refractivity contribution in [3.8, 4) is 11.5 Å². The lowest BCUT2D eigenvalue weighted by Gasteiger charge is -2.33. The fourth-order valence-corrected chi connectivity index (χ4v) is 5.24. The zero-order valence-electron chi connectivity index (χ0n) is 18.3. The first-order valence-electron chi connectivity index (χ1n) is 10.0. The molecule has 0 unspecified atom stereocenters. The number of aryl methyl sites for hydroxylation is 2. The summed E-state index contributed by atoms with van der Waals surface area (Å²) < 4.78 is 38.0. The van der Waals surface area contributed by atoms with Gasteiger partial charge in [0, 0.05) is 37.8 Å². The lowest BCUT2D eigenvalue weighted by Crippen LogP contribution is -2.50. The number of piperazine rings is 1. The molecule has 1 heterocycles. The average Bonchev–Trinajstić information content (AvgIpc) is 2.77. The maximum atomic E-state index is 13.0. The zero-order chi connectivity index (χ0) is 22.6. The largest absolute Gasteiger partial charge is 0.497 e. The van der Waals surface area contributed by atoms with Gasteiger partial charge in [-0.25, -0.2) is 8.42 Å². The third kappa shape index (κ3) is 5.08. The van der Waals surface area contributed by atoms with Crippen molar-refractivity contribution in [3.05, 3.63) is 59.2 Å². The molecule has 0 saturated carbocycles. The van der Waals surface area contributed by atoms with Crippen molar-refractivity contribution in [3.63, 3.8) is 0 Å². The first kappa shape index (κ1) is 22.8. The molecule has 1 aliphatic rings. The van der Waals surface area contributed by atoms with E-state index in [0.29, 0.717) is 29.5 Å². The molecule has 0 bridgehead atoms. The summed E-state index contributed by atoms with van der Waals surface area (Å²) in [6, 6.07) is 10.7. The van der Waals surface area contributed by atoms with E-state index >= 15 is 0 Å². The van der Waals surface area contributed by atoms with Gasteiger partial charge in [0.1, 0.15) is 11.5 Å². The summed E-state index contributed by atoms with van der Waals surface area (Å²) in [5.41, 5.74) is 2.48. The second-order valence-electron chi connectivity index (χ2n) is 7.44. The lowest BCUT2D eigenvalue weighted by molar-refractivity contribution is -0.127. The van der Waals surface area contributed by atoms with Crippen molar-refractivity contribution in [2.24, 2.45) is 0 Å². The van der Waals surface area contributed by atoms with E-state index in [0.717, 1.165) is 16.7 Å². The fraction of sp³-hybridized carbons (Fsp3) is 0.348. The van der Waals surface area contributed by atoms with Crippen molar-refractivity contribution < 1.29 is 22.7 Å². The van der Waals surface area contributed by atoms with Gasteiger partial charge in [-0.05, 0) is 49.8 Å². The first-order chi connectivity index (χ1) is 14.8. The van der Waals surface area contributed by atoms with E-state index in [2.05, 4.69) is 0 Å². The number of nitrogens with zero attached hydrogens (tertiary/aromatic N) is 2. The highest BCUT2D eigenvalue weighted by Crippen LogP contribution is 2.25. The molecule has 8 heteroatoms. The Morgan fingerprint density at radius 3 is 2.29 bits per heavy atom. The Morgan fingerprint density at radius 2 is 1.68 bits per heavy atom. The molecule has 0 spiro atoms. The van der Waals surface area contributed by atoms with E-state index in [1.165, 1.54) is 10.4 Å². The number of ether oxygens (including phenoxy) is 2. The number of hydrogen-bond donors (Lipinski definition) is 0. The third-order valence-corrected chi connectivity index (χ3v) is 7.40. The highest BCUT2D eigenvalue weighted by molar-refractivity contribution is 7.89.